The predicted molar refractivity (Wildman–Crippen MR) is 83.9 cm³/mol. The first kappa shape index (κ1) is 15.2. The molecule has 0 radical (unpaired) electrons. The summed E-state index contributed by atoms with van der Waals surface area (Å²) in [5.41, 5.74) is 2.92. The standard InChI is InChI=1S/C16H20N2O3S/c1-11-15(12-7-9-14(10-8-12)22(17,19)20)16(18-21-11)13-5-3-2-4-6-13/h7-10,13H,2-6H2,1H3,(H2,17,19,20). The fraction of sp³-hybridized carbons (Fsp3) is 0.438. The zero-order chi connectivity index (χ0) is 15.7. The zero-order valence-corrected chi connectivity index (χ0v) is 13.4. The topological polar surface area (TPSA) is 86.2 Å². The van der Waals surface area contributed by atoms with Crippen molar-refractivity contribution in [2.45, 2.75) is 49.8 Å². The summed E-state index contributed by atoms with van der Waals surface area (Å²) in [5, 5.41) is 9.41. The van der Waals surface area contributed by atoms with Gasteiger partial charge < -0.3 is 4.52 Å². The van der Waals surface area contributed by atoms with Crippen molar-refractivity contribution in [3.8, 4) is 11.1 Å². The number of aryl methyl sites for hydroxylation is 1. The smallest absolute Gasteiger partial charge is 0.238 e. The Morgan fingerprint density at radius 3 is 2.36 bits per heavy atom. The van der Waals surface area contributed by atoms with Crippen molar-refractivity contribution in [1.82, 2.24) is 5.16 Å². The fourth-order valence-electron chi connectivity index (χ4n) is 3.21. The van der Waals surface area contributed by atoms with Crippen LogP contribution in [0.1, 0.15) is 49.5 Å². The Labute approximate surface area is 130 Å². The van der Waals surface area contributed by atoms with Crippen molar-refractivity contribution >= 4 is 10.0 Å². The van der Waals surface area contributed by atoms with E-state index in [9.17, 15) is 8.42 Å². The third-order valence-electron chi connectivity index (χ3n) is 4.35. The van der Waals surface area contributed by atoms with Crippen LogP contribution in [0.4, 0.5) is 0 Å². The summed E-state index contributed by atoms with van der Waals surface area (Å²) in [6.07, 6.45) is 5.99. The Morgan fingerprint density at radius 2 is 1.77 bits per heavy atom. The molecule has 0 bridgehead atoms. The Morgan fingerprint density at radius 1 is 1.14 bits per heavy atom. The van der Waals surface area contributed by atoms with Crippen LogP contribution in [0.3, 0.4) is 0 Å². The van der Waals surface area contributed by atoms with Crippen molar-refractivity contribution in [2.75, 3.05) is 0 Å². The summed E-state index contributed by atoms with van der Waals surface area (Å²) in [6, 6.07) is 6.60. The van der Waals surface area contributed by atoms with Crippen LogP contribution in [-0.4, -0.2) is 13.6 Å². The second-order valence-corrected chi connectivity index (χ2v) is 7.46. The van der Waals surface area contributed by atoms with Crippen LogP contribution in [0.15, 0.2) is 33.7 Å². The highest BCUT2D eigenvalue weighted by atomic mass is 32.2. The summed E-state index contributed by atoms with van der Waals surface area (Å²) in [5.74, 6) is 1.20. The van der Waals surface area contributed by atoms with Crippen LogP contribution in [0, 0.1) is 6.92 Å². The number of rotatable bonds is 3. The first-order valence-electron chi connectivity index (χ1n) is 7.56. The van der Waals surface area contributed by atoms with E-state index in [1.54, 1.807) is 12.1 Å². The van der Waals surface area contributed by atoms with Gasteiger partial charge in [-0.3, -0.25) is 0 Å². The van der Waals surface area contributed by atoms with Gasteiger partial charge in [-0.15, -0.1) is 0 Å². The van der Waals surface area contributed by atoms with Crippen LogP contribution in [0.2, 0.25) is 0 Å². The van der Waals surface area contributed by atoms with Gasteiger partial charge in [-0.05, 0) is 37.5 Å². The van der Waals surface area contributed by atoms with Gasteiger partial charge in [-0.2, -0.15) is 0 Å². The second kappa shape index (κ2) is 5.85. The Hall–Kier alpha value is -1.66. The van der Waals surface area contributed by atoms with Gasteiger partial charge >= 0.3 is 0 Å². The molecule has 0 atom stereocenters. The minimum atomic E-state index is -3.67. The molecule has 1 heterocycles. The molecule has 22 heavy (non-hydrogen) atoms. The monoisotopic (exact) mass is 320 g/mol. The SMILES string of the molecule is Cc1onc(C2CCCCC2)c1-c1ccc(S(N)(=O)=O)cc1. The number of primary sulfonamides is 1. The molecule has 0 saturated heterocycles. The first-order chi connectivity index (χ1) is 10.5. The summed E-state index contributed by atoms with van der Waals surface area (Å²) in [4.78, 5) is 0.115. The molecule has 0 spiro atoms. The number of nitrogens with two attached hydrogens (primary N) is 1. The molecule has 1 fully saturated rings. The lowest BCUT2D eigenvalue weighted by atomic mass is 9.84. The van der Waals surface area contributed by atoms with Crippen molar-refractivity contribution in [1.29, 1.82) is 0 Å². The summed E-state index contributed by atoms with van der Waals surface area (Å²) >= 11 is 0. The maximum absolute atomic E-state index is 11.4. The average Bonchev–Trinajstić information content (AvgIpc) is 2.89. The van der Waals surface area contributed by atoms with Gasteiger partial charge in [0.15, 0.2) is 0 Å². The number of sulfonamides is 1. The maximum Gasteiger partial charge on any atom is 0.238 e. The van der Waals surface area contributed by atoms with Crippen molar-refractivity contribution < 1.29 is 12.9 Å². The molecule has 1 aliphatic carbocycles. The van der Waals surface area contributed by atoms with E-state index in [1.165, 1.54) is 31.4 Å². The highest BCUT2D eigenvalue weighted by Gasteiger charge is 2.24. The van der Waals surface area contributed by atoms with Gasteiger partial charge in [-0.25, -0.2) is 13.6 Å². The molecule has 118 valence electrons. The van der Waals surface area contributed by atoms with Gasteiger partial charge in [0.05, 0.1) is 10.6 Å². The van der Waals surface area contributed by atoms with Gasteiger partial charge in [0, 0.05) is 11.5 Å². The van der Waals surface area contributed by atoms with E-state index in [0.29, 0.717) is 5.92 Å². The molecule has 2 aromatic rings. The molecule has 0 unspecified atom stereocenters. The molecule has 1 aromatic heterocycles. The second-order valence-electron chi connectivity index (χ2n) is 5.90. The van der Waals surface area contributed by atoms with Gasteiger partial charge in [-0.1, -0.05) is 36.6 Å². The molecular weight excluding hydrogens is 300 g/mol. The quantitative estimate of drug-likeness (QED) is 0.939. The highest BCUT2D eigenvalue weighted by Crippen LogP contribution is 2.39. The third kappa shape index (κ3) is 2.94. The van der Waals surface area contributed by atoms with E-state index in [-0.39, 0.29) is 4.90 Å². The van der Waals surface area contributed by atoms with Crippen LogP contribution in [0.5, 0.6) is 0 Å². The first-order valence-corrected chi connectivity index (χ1v) is 9.11. The Kier molecular flexibility index (Phi) is 4.06. The van der Waals surface area contributed by atoms with Crippen molar-refractivity contribution in [2.24, 2.45) is 5.14 Å². The van der Waals surface area contributed by atoms with Crippen LogP contribution >= 0.6 is 0 Å². The van der Waals surface area contributed by atoms with Crippen LogP contribution < -0.4 is 5.14 Å². The molecule has 0 amide bonds. The maximum atomic E-state index is 11.4. The van der Waals surface area contributed by atoms with Crippen molar-refractivity contribution in [3.63, 3.8) is 0 Å². The lowest BCUT2D eigenvalue weighted by molar-refractivity contribution is 0.367. The Balaban J connectivity index is 1.99. The van der Waals surface area contributed by atoms with E-state index in [4.69, 9.17) is 9.66 Å². The van der Waals surface area contributed by atoms with Crippen LogP contribution in [-0.2, 0) is 10.0 Å². The zero-order valence-electron chi connectivity index (χ0n) is 12.6. The fourth-order valence-corrected chi connectivity index (χ4v) is 3.72. The molecule has 1 aliphatic rings. The normalized spacial score (nSPS) is 16.8. The predicted octanol–water partition coefficient (Wildman–Crippen LogP) is 3.35. The summed E-state index contributed by atoms with van der Waals surface area (Å²) in [6.45, 7) is 1.89. The molecule has 1 aromatic carbocycles. The summed E-state index contributed by atoms with van der Waals surface area (Å²) < 4.78 is 28.1. The van der Waals surface area contributed by atoms with Gasteiger partial charge in [0.2, 0.25) is 10.0 Å². The molecule has 1 saturated carbocycles. The van der Waals surface area contributed by atoms with E-state index >= 15 is 0 Å². The van der Waals surface area contributed by atoms with Gasteiger partial charge in [0.25, 0.3) is 0 Å². The number of hydrogen-bond acceptors (Lipinski definition) is 4. The lowest BCUT2D eigenvalue weighted by Crippen LogP contribution is -2.11. The van der Waals surface area contributed by atoms with Crippen molar-refractivity contribution in [3.05, 3.63) is 35.7 Å². The molecule has 6 heteroatoms. The van der Waals surface area contributed by atoms with E-state index in [1.807, 2.05) is 6.92 Å². The third-order valence-corrected chi connectivity index (χ3v) is 5.28. The number of hydrogen-bond donors (Lipinski definition) is 1. The van der Waals surface area contributed by atoms with E-state index in [2.05, 4.69) is 5.16 Å². The van der Waals surface area contributed by atoms with Crippen LogP contribution in [0.25, 0.3) is 11.1 Å². The Bertz CT molecular complexity index is 757. The van der Waals surface area contributed by atoms with E-state index < -0.39 is 10.0 Å². The highest BCUT2D eigenvalue weighted by molar-refractivity contribution is 7.89. The number of aromatic nitrogens is 1. The number of benzene rings is 1. The molecule has 0 aliphatic heterocycles. The lowest BCUT2D eigenvalue weighted by Gasteiger charge is -2.20. The minimum Gasteiger partial charge on any atom is -0.361 e. The van der Waals surface area contributed by atoms with Gasteiger partial charge in [0.1, 0.15) is 5.76 Å². The molecule has 3 rings (SSSR count). The largest absolute Gasteiger partial charge is 0.361 e. The molecule has 5 nitrogen and oxygen atoms in total. The average molecular weight is 320 g/mol. The molecular formula is C16H20N2O3S. The van der Waals surface area contributed by atoms with E-state index in [0.717, 1.165) is 35.4 Å². The summed E-state index contributed by atoms with van der Waals surface area (Å²) in [7, 11) is -3.67. The minimum absolute atomic E-state index is 0.115. The number of nitrogens with zero attached hydrogens (tertiary/aromatic N) is 1. The molecule has 2 N–H and O–H groups in total.